The molecular weight excluding hydrogens is 472 g/mol. The van der Waals surface area contributed by atoms with Crippen LogP contribution in [0.2, 0.25) is 0 Å². The Labute approximate surface area is 209 Å². The van der Waals surface area contributed by atoms with Gasteiger partial charge in [-0.2, -0.15) is 20.2 Å². The van der Waals surface area contributed by atoms with Crippen molar-refractivity contribution in [1.82, 2.24) is 29.7 Å². The Kier molecular flexibility index (Phi) is 6.24. The molecule has 0 saturated carbocycles. The van der Waals surface area contributed by atoms with E-state index in [-0.39, 0.29) is 23.2 Å². The molecule has 3 heterocycles. The highest BCUT2D eigenvalue weighted by atomic mass is 16.2. The van der Waals surface area contributed by atoms with Crippen molar-refractivity contribution in [3.63, 3.8) is 0 Å². The van der Waals surface area contributed by atoms with Crippen molar-refractivity contribution in [2.75, 3.05) is 5.32 Å². The van der Waals surface area contributed by atoms with Crippen molar-refractivity contribution in [3.8, 4) is 12.0 Å². The summed E-state index contributed by atoms with van der Waals surface area (Å²) in [6, 6.07) is 16.2. The number of nitrogens with zero attached hydrogens (tertiary/aromatic N) is 8. The second-order valence-corrected chi connectivity index (χ2v) is 7.84. The Morgan fingerprint density at radius 2 is 1.86 bits per heavy atom. The number of aromatic nitrogens is 6. The fourth-order valence-corrected chi connectivity index (χ4v) is 3.56. The lowest BCUT2D eigenvalue weighted by atomic mass is 10.2. The number of fused-ring (bicyclic) bond motifs is 1. The minimum Gasteiger partial charge on any atom is -0.324 e. The van der Waals surface area contributed by atoms with Gasteiger partial charge in [-0.25, -0.2) is 15.0 Å². The summed E-state index contributed by atoms with van der Waals surface area (Å²) in [5.41, 5.74) is 1.46. The Morgan fingerprint density at radius 3 is 2.65 bits per heavy atom. The van der Waals surface area contributed by atoms with Crippen molar-refractivity contribution >= 4 is 28.3 Å². The molecule has 0 fully saturated rings. The number of carbonyl (C=O) groups is 1. The van der Waals surface area contributed by atoms with E-state index in [1.54, 1.807) is 42.5 Å². The Balaban J connectivity index is 1.61. The van der Waals surface area contributed by atoms with Gasteiger partial charge in [-0.1, -0.05) is 30.3 Å². The number of hydrogen-bond donors (Lipinski definition) is 2. The standard InChI is InChI=1S/C25H18N10O2/c1-15-7-2-4-9-18(15)31-24(37)20(21-30-19-10-5-3-8-17(19)23(36)32-21)33-34-22-16(13-26)14-29-35(22)25-27-11-6-12-28-25/h2-12,14,20H,1H3,(H,31,37)(H,30,32,36). The zero-order valence-electron chi connectivity index (χ0n) is 19.4. The predicted octanol–water partition coefficient (Wildman–Crippen LogP) is 3.54. The van der Waals surface area contributed by atoms with E-state index < -0.39 is 17.5 Å². The maximum atomic E-state index is 13.4. The first-order valence-electron chi connectivity index (χ1n) is 11.1. The first-order chi connectivity index (χ1) is 18.0. The van der Waals surface area contributed by atoms with Crippen LogP contribution in [0.25, 0.3) is 16.9 Å². The third kappa shape index (κ3) is 4.69. The van der Waals surface area contributed by atoms with Gasteiger partial charge in [0.1, 0.15) is 17.5 Å². The van der Waals surface area contributed by atoms with Gasteiger partial charge in [-0.05, 0) is 36.8 Å². The van der Waals surface area contributed by atoms with Crippen molar-refractivity contribution in [2.24, 2.45) is 10.2 Å². The van der Waals surface area contributed by atoms with E-state index in [1.807, 2.05) is 25.1 Å². The number of amides is 1. The smallest absolute Gasteiger partial charge is 0.258 e. The van der Waals surface area contributed by atoms with Crippen LogP contribution in [0.3, 0.4) is 0 Å². The summed E-state index contributed by atoms with van der Waals surface area (Å²) >= 11 is 0. The van der Waals surface area contributed by atoms with E-state index in [1.165, 1.54) is 23.3 Å². The summed E-state index contributed by atoms with van der Waals surface area (Å²) in [7, 11) is 0. The first-order valence-corrected chi connectivity index (χ1v) is 11.1. The van der Waals surface area contributed by atoms with Crippen LogP contribution in [0.5, 0.6) is 0 Å². The number of anilines is 1. The van der Waals surface area contributed by atoms with Gasteiger partial charge in [-0.3, -0.25) is 9.59 Å². The molecule has 5 rings (SSSR count). The van der Waals surface area contributed by atoms with Crippen LogP contribution in [0.15, 0.2) is 88.2 Å². The molecule has 0 aliphatic rings. The van der Waals surface area contributed by atoms with Crippen LogP contribution in [0.1, 0.15) is 23.0 Å². The average molecular weight is 490 g/mol. The molecule has 1 atom stereocenters. The second-order valence-electron chi connectivity index (χ2n) is 7.84. The van der Waals surface area contributed by atoms with Gasteiger partial charge in [0.25, 0.3) is 17.4 Å². The Morgan fingerprint density at radius 1 is 1.11 bits per heavy atom. The Bertz CT molecular complexity index is 1730. The topological polar surface area (TPSA) is 167 Å². The fraction of sp³-hybridized carbons (Fsp3) is 0.0800. The maximum Gasteiger partial charge on any atom is 0.258 e. The van der Waals surface area contributed by atoms with Crippen molar-refractivity contribution in [1.29, 1.82) is 5.26 Å². The zero-order valence-corrected chi connectivity index (χ0v) is 19.4. The average Bonchev–Trinajstić information content (AvgIpc) is 3.33. The first kappa shape index (κ1) is 23.2. The number of aryl methyl sites for hydroxylation is 1. The SMILES string of the molecule is Cc1ccccc1NC(=O)C(N=Nc1c(C#N)cnn1-c1ncccn1)c1nc2ccccc2c(=O)[nH]1. The number of azo groups is 1. The van der Waals surface area contributed by atoms with Gasteiger partial charge in [0.2, 0.25) is 6.04 Å². The number of H-pyrrole nitrogens is 1. The van der Waals surface area contributed by atoms with Crippen LogP contribution in [-0.2, 0) is 4.79 Å². The highest BCUT2D eigenvalue weighted by Gasteiger charge is 2.25. The van der Waals surface area contributed by atoms with Gasteiger partial charge in [0.15, 0.2) is 5.82 Å². The molecule has 1 unspecified atom stereocenters. The molecular formula is C25H18N10O2. The molecule has 0 saturated heterocycles. The lowest BCUT2D eigenvalue weighted by molar-refractivity contribution is -0.117. The van der Waals surface area contributed by atoms with Gasteiger partial charge in [0, 0.05) is 18.1 Å². The quantitative estimate of drug-likeness (QED) is 0.343. The summed E-state index contributed by atoms with van der Waals surface area (Å²) in [6.07, 6.45) is 4.32. The molecule has 0 radical (unpaired) electrons. The summed E-state index contributed by atoms with van der Waals surface area (Å²) in [6.45, 7) is 1.85. The molecule has 0 aliphatic carbocycles. The number of para-hydroxylation sites is 2. The largest absolute Gasteiger partial charge is 0.324 e. The van der Waals surface area contributed by atoms with Crippen molar-refractivity contribution in [2.45, 2.75) is 13.0 Å². The molecule has 1 amide bonds. The molecule has 0 bridgehead atoms. The third-order valence-electron chi connectivity index (χ3n) is 5.42. The van der Waals surface area contributed by atoms with Crippen LogP contribution < -0.4 is 10.9 Å². The lowest BCUT2D eigenvalue weighted by Crippen LogP contribution is -2.24. The number of hydrogen-bond acceptors (Lipinski definition) is 9. The van der Waals surface area contributed by atoms with Gasteiger partial charge in [-0.15, -0.1) is 5.11 Å². The number of nitrogens with one attached hydrogen (secondary N) is 2. The van der Waals surface area contributed by atoms with Crippen molar-refractivity contribution < 1.29 is 4.79 Å². The monoisotopic (exact) mass is 490 g/mol. The highest BCUT2D eigenvalue weighted by Crippen LogP contribution is 2.25. The maximum absolute atomic E-state index is 13.4. The summed E-state index contributed by atoms with van der Waals surface area (Å²) in [4.78, 5) is 41.5. The molecule has 5 aromatic rings. The molecule has 12 nitrogen and oxygen atoms in total. The minimum atomic E-state index is -1.36. The number of nitriles is 1. The minimum absolute atomic E-state index is 0.0148. The van der Waals surface area contributed by atoms with Gasteiger partial charge in [0.05, 0.1) is 17.1 Å². The fourth-order valence-electron chi connectivity index (χ4n) is 3.56. The third-order valence-corrected chi connectivity index (χ3v) is 5.42. The van der Waals surface area contributed by atoms with Gasteiger partial charge >= 0.3 is 0 Å². The molecule has 37 heavy (non-hydrogen) atoms. The summed E-state index contributed by atoms with van der Waals surface area (Å²) < 4.78 is 1.23. The Hall–Kier alpha value is -5.57. The molecule has 12 heteroatoms. The van der Waals surface area contributed by atoms with Crippen LogP contribution >= 0.6 is 0 Å². The van der Waals surface area contributed by atoms with Crippen LogP contribution in [0.4, 0.5) is 11.5 Å². The van der Waals surface area contributed by atoms with E-state index in [0.717, 1.165) is 5.56 Å². The number of aromatic amines is 1. The molecule has 2 aromatic carbocycles. The molecule has 180 valence electrons. The summed E-state index contributed by atoms with van der Waals surface area (Å²) in [5.74, 6) is -0.419. The van der Waals surface area contributed by atoms with E-state index >= 15 is 0 Å². The van der Waals surface area contributed by atoms with E-state index in [0.29, 0.717) is 16.6 Å². The molecule has 0 aliphatic heterocycles. The lowest BCUT2D eigenvalue weighted by Gasteiger charge is -2.13. The normalized spacial score (nSPS) is 11.9. The second kappa shape index (κ2) is 9.96. The van der Waals surface area contributed by atoms with Gasteiger partial charge < -0.3 is 10.3 Å². The van der Waals surface area contributed by atoms with Crippen LogP contribution in [0, 0.1) is 18.3 Å². The van der Waals surface area contributed by atoms with Crippen LogP contribution in [-0.4, -0.2) is 35.6 Å². The summed E-state index contributed by atoms with van der Waals surface area (Å²) in [5, 5.41) is 25.3. The number of rotatable bonds is 6. The van der Waals surface area contributed by atoms with E-state index in [4.69, 9.17) is 0 Å². The molecule has 3 aromatic heterocycles. The predicted molar refractivity (Wildman–Crippen MR) is 133 cm³/mol. The molecule has 0 spiro atoms. The number of benzene rings is 2. The number of carbonyl (C=O) groups excluding carboxylic acids is 1. The van der Waals surface area contributed by atoms with Crippen molar-refractivity contribution in [3.05, 3.63) is 100 Å². The van der Waals surface area contributed by atoms with E-state index in [9.17, 15) is 14.9 Å². The van der Waals surface area contributed by atoms with E-state index in [2.05, 4.69) is 40.6 Å². The zero-order chi connectivity index (χ0) is 25.8. The highest BCUT2D eigenvalue weighted by molar-refractivity contribution is 5.96. The molecule has 2 N–H and O–H groups in total.